The molecule has 1 aliphatic rings. The van der Waals surface area contributed by atoms with Crippen molar-refractivity contribution >= 4 is 33.3 Å². The van der Waals surface area contributed by atoms with Crippen molar-refractivity contribution in [2.45, 2.75) is 37.7 Å². The van der Waals surface area contributed by atoms with Gasteiger partial charge in [0.15, 0.2) is 0 Å². The zero-order chi connectivity index (χ0) is 25.2. The average molecular weight is 508 g/mol. The molecule has 0 amide bonds. The molecule has 1 aliphatic carbocycles. The van der Waals surface area contributed by atoms with E-state index in [1.165, 1.54) is 11.3 Å². The number of aliphatic hydroxyl groups is 4. The molecule has 6 N–H and O–H groups in total. The van der Waals surface area contributed by atoms with Crippen LogP contribution in [0.2, 0.25) is 0 Å². The first-order valence-electron chi connectivity index (χ1n) is 11.9. The second-order valence-corrected chi connectivity index (χ2v) is 10.1. The molecule has 5 rings (SSSR count). The highest BCUT2D eigenvalue weighted by atomic mass is 32.1. The van der Waals surface area contributed by atoms with Gasteiger partial charge in [-0.2, -0.15) is 4.98 Å². The second kappa shape index (κ2) is 10.5. The Hall–Kier alpha value is -3.15. The van der Waals surface area contributed by atoms with Crippen molar-refractivity contribution in [2.24, 2.45) is 5.92 Å². The first-order valence-corrected chi connectivity index (χ1v) is 12.7. The number of aromatic nitrogens is 3. The highest BCUT2D eigenvalue weighted by Gasteiger charge is 2.41. The van der Waals surface area contributed by atoms with Gasteiger partial charge in [-0.15, -0.1) is 11.3 Å². The minimum Gasteiger partial charge on any atom is -0.396 e. The maximum absolute atomic E-state index is 10.6. The first-order chi connectivity index (χ1) is 17.4. The van der Waals surface area contributed by atoms with Crippen molar-refractivity contribution in [1.82, 2.24) is 15.0 Å². The van der Waals surface area contributed by atoms with Crippen LogP contribution in [0.1, 0.15) is 23.8 Å². The first kappa shape index (κ1) is 24.5. The van der Waals surface area contributed by atoms with E-state index in [2.05, 4.69) is 20.6 Å². The van der Waals surface area contributed by atoms with Gasteiger partial charge in [0.1, 0.15) is 16.9 Å². The minimum atomic E-state index is -1.06. The van der Waals surface area contributed by atoms with Gasteiger partial charge in [-0.1, -0.05) is 42.5 Å². The lowest BCUT2D eigenvalue weighted by atomic mass is 10.1. The number of benzene rings is 2. The average Bonchev–Trinajstić information content (AvgIpc) is 3.43. The van der Waals surface area contributed by atoms with Gasteiger partial charge in [0, 0.05) is 19.1 Å². The lowest BCUT2D eigenvalue weighted by Gasteiger charge is -2.21. The van der Waals surface area contributed by atoms with Gasteiger partial charge in [0.2, 0.25) is 5.95 Å². The minimum absolute atomic E-state index is 0.209. The van der Waals surface area contributed by atoms with E-state index in [9.17, 15) is 20.4 Å². The Morgan fingerprint density at radius 1 is 1.00 bits per heavy atom. The topological polar surface area (TPSA) is 144 Å². The van der Waals surface area contributed by atoms with E-state index < -0.39 is 30.3 Å². The zero-order valence-electron chi connectivity index (χ0n) is 19.7. The molecule has 2 heterocycles. The fraction of sp³-hybridized carbons (Fsp3) is 0.346. The van der Waals surface area contributed by atoms with E-state index in [1.807, 2.05) is 61.5 Å². The molecular weight excluding hydrogens is 478 g/mol. The third-order valence-corrected chi connectivity index (χ3v) is 7.65. The molecule has 0 aliphatic heterocycles. The van der Waals surface area contributed by atoms with E-state index in [4.69, 9.17) is 4.98 Å². The summed E-state index contributed by atoms with van der Waals surface area (Å²) in [5, 5.41) is 48.2. The lowest BCUT2D eigenvalue weighted by Crippen LogP contribution is -2.35. The smallest absolute Gasteiger partial charge is 0.225 e. The van der Waals surface area contributed by atoms with Gasteiger partial charge >= 0.3 is 0 Å². The molecule has 1 unspecified atom stereocenters. The van der Waals surface area contributed by atoms with Crippen molar-refractivity contribution in [2.75, 3.05) is 23.8 Å². The molecular formula is C26H29N5O4S. The van der Waals surface area contributed by atoms with Gasteiger partial charge in [0.25, 0.3) is 0 Å². The van der Waals surface area contributed by atoms with Crippen LogP contribution in [0.15, 0.2) is 54.6 Å². The van der Waals surface area contributed by atoms with E-state index in [1.54, 1.807) is 0 Å². The number of hydrogen-bond donors (Lipinski definition) is 6. The van der Waals surface area contributed by atoms with E-state index in [0.717, 1.165) is 20.8 Å². The van der Waals surface area contributed by atoms with Crippen LogP contribution < -0.4 is 10.6 Å². The molecule has 188 valence electrons. The van der Waals surface area contributed by atoms with Crippen LogP contribution in [0, 0.1) is 12.8 Å². The molecule has 0 saturated heterocycles. The van der Waals surface area contributed by atoms with E-state index in [0.29, 0.717) is 29.4 Å². The number of nitrogens with zero attached hydrogens (tertiary/aromatic N) is 3. The van der Waals surface area contributed by atoms with Crippen molar-refractivity contribution in [3.8, 4) is 10.6 Å². The third kappa shape index (κ3) is 4.91. The second-order valence-electron chi connectivity index (χ2n) is 9.06. The molecule has 10 heteroatoms. The molecule has 1 saturated carbocycles. The summed E-state index contributed by atoms with van der Waals surface area (Å²) in [6.07, 6.45) is -2.44. The monoisotopic (exact) mass is 507 g/mol. The standard InChI is InChI=1S/C26H29N5O4S/c1-14-21(25-30-17-9-5-6-10-20(17)36-25)24(29-18-11-16(13-32)22(34)23(18)35)31-26(28-14)27-12-19(33)15-7-3-2-4-8-15/h2-10,16,18-19,22-23,32-35H,11-13H2,1H3,(H2,27,28,29,31)/t16-,18-,19?,22-,23+/m1/s1. The maximum Gasteiger partial charge on any atom is 0.225 e. The van der Waals surface area contributed by atoms with Crippen LogP contribution in [0.25, 0.3) is 20.8 Å². The Kier molecular flexibility index (Phi) is 7.13. The highest BCUT2D eigenvalue weighted by molar-refractivity contribution is 7.21. The zero-order valence-corrected chi connectivity index (χ0v) is 20.6. The molecule has 2 aromatic carbocycles. The summed E-state index contributed by atoms with van der Waals surface area (Å²) in [4.78, 5) is 14.1. The maximum atomic E-state index is 10.6. The van der Waals surface area contributed by atoms with Crippen LogP contribution in [0.4, 0.5) is 11.8 Å². The van der Waals surface area contributed by atoms with Crippen LogP contribution in [-0.4, -0.2) is 66.8 Å². The predicted octanol–water partition coefficient (Wildman–Crippen LogP) is 2.72. The molecule has 2 aromatic heterocycles. The highest BCUT2D eigenvalue weighted by Crippen LogP contribution is 2.38. The van der Waals surface area contributed by atoms with Gasteiger partial charge in [-0.25, -0.2) is 9.97 Å². The Labute approximate surface area is 212 Å². The fourth-order valence-electron chi connectivity index (χ4n) is 4.60. The Morgan fingerprint density at radius 3 is 2.47 bits per heavy atom. The summed E-state index contributed by atoms with van der Waals surface area (Å²) < 4.78 is 1.03. The number of rotatable bonds is 8. The number of fused-ring (bicyclic) bond motifs is 1. The Bertz CT molecular complexity index is 1300. The SMILES string of the molecule is Cc1nc(NCC(O)c2ccccc2)nc(N[C@@H]2C[C@H](CO)[C@@H](O)[C@H]2O)c1-c1nc2ccccc2s1. The molecule has 0 bridgehead atoms. The number of nitrogens with one attached hydrogen (secondary N) is 2. The molecule has 5 atom stereocenters. The molecule has 9 nitrogen and oxygen atoms in total. The van der Waals surface area contributed by atoms with Crippen molar-refractivity contribution in [3.05, 3.63) is 65.9 Å². The summed E-state index contributed by atoms with van der Waals surface area (Å²) >= 11 is 1.52. The van der Waals surface area contributed by atoms with Crippen molar-refractivity contribution in [1.29, 1.82) is 0 Å². The van der Waals surface area contributed by atoms with Crippen LogP contribution in [-0.2, 0) is 0 Å². The summed E-state index contributed by atoms with van der Waals surface area (Å²) in [6.45, 7) is 1.86. The lowest BCUT2D eigenvalue weighted by molar-refractivity contribution is 0.00446. The summed E-state index contributed by atoms with van der Waals surface area (Å²) in [7, 11) is 0. The number of aryl methyl sites for hydroxylation is 1. The largest absolute Gasteiger partial charge is 0.396 e. The molecule has 4 aromatic rings. The fourth-order valence-corrected chi connectivity index (χ4v) is 5.66. The summed E-state index contributed by atoms with van der Waals surface area (Å²) in [6, 6.07) is 16.7. The van der Waals surface area contributed by atoms with Gasteiger partial charge in [-0.3, -0.25) is 0 Å². The van der Waals surface area contributed by atoms with Gasteiger partial charge in [-0.05, 0) is 31.0 Å². The molecule has 0 radical (unpaired) electrons. The molecule has 1 fully saturated rings. The third-order valence-electron chi connectivity index (χ3n) is 6.59. The van der Waals surface area contributed by atoms with Crippen LogP contribution >= 0.6 is 11.3 Å². The summed E-state index contributed by atoms with van der Waals surface area (Å²) in [5.74, 6) is 0.361. The number of hydrogen-bond acceptors (Lipinski definition) is 10. The number of para-hydroxylation sites is 1. The summed E-state index contributed by atoms with van der Waals surface area (Å²) in [5.41, 5.74) is 3.03. The van der Waals surface area contributed by atoms with Crippen LogP contribution in [0.3, 0.4) is 0 Å². The number of aliphatic hydroxyl groups excluding tert-OH is 4. The Balaban J connectivity index is 1.48. The van der Waals surface area contributed by atoms with E-state index in [-0.39, 0.29) is 13.2 Å². The normalized spacial score (nSPS) is 22.6. The van der Waals surface area contributed by atoms with Crippen molar-refractivity contribution in [3.63, 3.8) is 0 Å². The van der Waals surface area contributed by atoms with E-state index >= 15 is 0 Å². The van der Waals surface area contributed by atoms with Gasteiger partial charge < -0.3 is 31.1 Å². The Morgan fingerprint density at radius 2 is 1.75 bits per heavy atom. The van der Waals surface area contributed by atoms with Crippen molar-refractivity contribution < 1.29 is 20.4 Å². The molecule has 36 heavy (non-hydrogen) atoms. The quantitative estimate of drug-likeness (QED) is 0.212. The number of anilines is 2. The number of thiazole rings is 1. The molecule has 0 spiro atoms. The predicted molar refractivity (Wildman–Crippen MR) is 140 cm³/mol. The van der Waals surface area contributed by atoms with Gasteiger partial charge in [0.05, 0.1) is 39.7 Å². The van der Waals surface area contributed by atoms with Crippen LogP contribution in [0.5, 0.6) is 0 Å².